The number of aromatic hydroxyl groups is 2. The molecule has 9 heteroatoms. The second-order valence-corrected chi connectivity index (χ2v) is 9.43. The number of carbonyl (C=O) groups is 2. The summed E-state index contributed by atoms with van der Waals surface area (Å²) in [5.74, 6) is -3.22. The van der Waals surface area contributed by atoms with Gasteiger partial charge in [0.15, 0.2) is 0 Å². The van der Waals surface area contributed by atoms with E-state index >= 15 is 0 Å². The highest BCUT2D eigenvalue weighted by Crippen LogP contribution is 2.50. The zero-order valence-corrected chi connectivity index (χ0v) is 19.7. The second kappa shape index (κ2) is 9.70. The van der Waals surface area contributed by atoms with Crippen LogP contribution in [0.3, 0.4) is 0 Å². The first-order chi connectivity index (χ1) is 15.2. The van der Waals surface area contributed by atoms with Crippen molar-refractivity contribution >= 4 is 34.6 Å². The van der Waals surface area contributed by atoms with Gasteiger partial charge in [-0.2, -0.15) is 0 Å². The number of benzene rings is 1. The largest absolute Gasteiger partial charge is 0.506 e. The zero-order chi connectivity index (χ0) is 23.6. The maximum atomic E-state index is 14.1. The smallest absolute Gasteiger partial charge is 0.343 e. The molecule has 0 bridgehead atoms. The maximum Gasteiger partial charge on any atom is 0.343 e. The first-order valence-corrected chi connectivity index (χ1v) is 11.6. The summed E-state index contributed by atoms with van der Waals surface area (Å²) in [4.78, 5) is 26.5. The van der Waals surface area contributed by atoms with Crippen LogP contribution in [0.25, 0.3) is 0 Å². The average Bonchev–Trinajstić information content (AvgIpc) is 3.18. The highest BCUT2D eigenvalue weighted by molar-refractivity contribution is 7.14. The molecule has 0 fully saturated rings. The minimum absolute atomic E-state index is 0.0339. The van der Waals surface area contributed by atoms with Gasteiger partial charge in [0, 0.05) is 9.75 Å². The van der Waals surface area contributed by atoms with Crippen LogP contribution < -0.4 is 0 Å². The minimum Gasteiger partial charge on any atom is -0.506 e. The standard InChI is InChI=1S/C23H23FO6S2/c1-5-29-22(27)15-11(3)31-20(18(15)25)17(13-8-7-9-14(24)10-13)21-19(26)16(12(4)32-21)23(28)30-6-2/h7-10,17,25-26H,5-6H2,1-4H3. The quantitative estimate of drug-likeness (QED) is 0.435. The highest BCUT2D eigenvalue weighted by atomic mass is 32.1. The van der Waals surface area contributed by atoms with Crippen LogP contribution >= 0.6 is 22.7 Å². The molecule has 0 amide bonds. The van der Waals surface area contributed by atoms with Crippen LogP contribution in [0.15, 0.2) is 24.3 Å². The molecule has 0 aliphatic carbocycles. The predicted octanol–water partition coefficient (Wildman–Crippen LogP) is 5.51. The molecule has 32 heavy (non-hydrogen) atoms. The Morgan fingerprint density at radius 1 is 0.938 bits per heavy atom. The number of hydrogen-bond acceptors (Lipinski definition) is 8. The predicted molar refractivity (Wildman–Crippen MR) is 121 cm³/mol. The van der Waals surface area contributed by atoms with Gasteiger partial charge < -0.3 is 19.7 Å². The van der Waals surface area contributed by atoms with E-state index in [0.29, 0.717) is 25.1 Å². The van der Waals surface area contributed by atoms with Gasteiger partial charge in [-0.15, -0.1) is 22.7 Å². The van der Waals surface area contributed by atoms with Crippen LogP contribution in [0.1, 0.15) is 65.6 Å². The molecule has 2 heterocycles. The summed E-state index contributed by atoms with van der Waals surface area (Å²) in [5.41, 5.74) is 0.516. The van der Waals surface area contributed by atoms with Crippen molar-refractivity contribution in [3.63, 3.8) is 0 Å². The van der Waals surface area contributed by atoms with Crippen molar-refractivity contribution in [2.24, 2.45) is 0 Å². The first kappa shape index (κ1) is 23.7. The molecule has 170 valence electrons. The average molecular weight is 479 g/mol. The topological polar surface area (TPSA) is 93.1 Å². The van der Waals surface area contributed by atoms with Crippen molar-refractivity contribution in [3.05, 3.63) is 66.3 Å². The molecule has 0 aliphatic heterocycles. The molecule has 0 saturated heterocycles. The van der Waals surface area contributed by atoms with Gasteiger partial charge in [0.2, 0.25) is 0 Å². The molecule has 2 aromatic heterocycles. The molecule has 0 saturated carbocycles. The van der Waals surface area contributed by atoms with Gasteiger partial charge in [0.25, 0.3) is 0 Å². The van der Waals surface area contributed by atoms with Gasteiger partial charge in [-0.1, -0.05) is 12.1 Å². The lowest BCUT2D eigenvalue weighted by atomic mass is 9.93. The van der Waals surface area contributed by atoms with E-state index in [1.165, 1.54) is 18.2 Å². The Kier molecular flexibility index (Phi) is 7.20. The summed E-state index contributed by atoms with van der Waals surface area (Å²) in [6.07, 6.45) is 0. The zero-order valence-electron chi connectivity index (χ0n) is 18.0. The van der Waals surface area contributed by atoms with Crippen molar-refractivity contribution in [1.82, 2.24) is 0 Å². The van der Waals surface area contributed by atoms with Crippen molar-refractivity contribution in [1.29, 1.82) is 0 Å². The number of thiophene rings is 2. The van der Waals surface area contributed by atoms with E-state index in [1.807, 2.05) is 0 Å². The van der Waals surface area contributed by atoms with E-state index in [1.54, 1.807) is 33.8 Å². The van der Waals surface area contributed by atoms with Gasteiger partial charge >= 0.3 is 11.9 Å². The van der Waals surface area contributed by atoms with Crippen molar-refractivity contribution in [2.45, 2.75) is 33.6 Å². The Hall–Kier alpha value is -2.91. The first-order valence-electron chi connectivity index (χ1n) is 9.95. The van der Waals surface area contributed by atoms with Crippen molar-refractivity contribution in [2.75, 3.05) is 13.2 Å². The Labute approximate surface area is 192 Å². The molecule has 1 aromatic carbocycles. The lowest BCUT2D eigenvalue weighted by molar-refractivity contribution is 0.0513. The van der Waals surface area contributed by atoms with Crippen LogP contribution in [0, 0.1) is 19.7 Å². The Bertz CT molecular complexity index is 1100. The molecule has 6 nitrogen and oxygen atoms in total. The van der Waals surface area contributed by atoms with E-state index in [2.05, 4.69) is 0 Å². The summed E-state index contributed by atoms with van der Waals surface area (Å²) >= 11 is 2.29. The molecular formula is C23H23FO6S2. The molecule has 3 rings (SSSR count). The number of ether oxygens (including phenoxy) is 2. The maximum absolute atomic E-state index is 14.1. The number of esters is 2. The summed E-state index contributed by atoms with van der Waals surface area (Å²) in [6.45, 7) is 6.96. The Balaban J connectivity index is 2.25. The number of carbonyl (C=O) groups excluding carboxylic acids is 2. The van der Waals surface area contributed by atoms with E-state index in [0.717, 1.165) is 22.7 Å². The Morgan fingerprint density at radius 2 is 1.41 bits per heavy atom. The molecule has 0 spiro atoms. The fraction of sp³-hybridized carbons (Fsp3) is 0.304. The minimum atomic E-state index is -0.815. The van der Waals surface area contributed by atoms with E-state index < -0.39 is 23.7 Å². The number of aryl methyl sites for hydroxylation is 2. The van der Waals surface area contributed by atoms with Crippen LogP contribution in [-0.2, 0) is 9.47 Å². The normalized spacial score (nSPS) is 11.1. The van der Waals surface area contributed by atoms with Crippen LogP contribution in [0.4, 0.5) is 4.39 Å². The van der Waals surface area contributed by atoms with Crippen LogP contribution in [-0.4, -0.2) is 35.4 Å². The SMILES string of the molecule is CCOC(=O)c1c(C)sc(C(c2cccc(F)c2)c2sc(C)c(C(=O)OCC)c2O)c1O. The number of rotatable bonds is 7. The molecule has 0 atom stereocenters. The van der Waals surface area contributed by atoms with Crippen molar-refractivity contribution < 1.29 is 33.7 Å². The molecule has 2 N–H and O–H groups in total. The van der Waals surface area contributed by atoms with Gasteiger partial charge in [-0.3, -0.25) is 0 Å². The van der Waals surface area contributed by atoms with Crippen LogP contribution in [0.5, 0.6) is 11.5 Å². The number of halogens is 1. The van der Waals surface area contributed by atoms with Gasteiger partial charge in [0.1, 0.15) is 28.4 Å². The molecule has 0 radical (unpaired) electrons. The molecular weight excluding hydrogens is 455 g/mol. The van der Waals surface area contributed by atoms with Crippen molar-refractivity contribution in [3.8, 4) is 11.5 Å². The second-order valence-electron chi connectivity index (χ2n) is 6.92. The van der Waals surface area contributed by atoms with Gasteiger partial charge in [-0.05, 0) is 45.4 Å². The van der Waals surface area contributed by atoms with Gasteiger partial charge in [0.05, 0.1) is 28.9 Å². The van der Waals surface area contributed by atoms with E-state index in [9.17, 15) is 24.2 Å². The fourth-order valence-electron chi connectivity index (χ4n) is 3.50. The highest BCUT2D eigenvalue weighted by Gasteiger charge is 2.34. The van der Waals surface area contributed by atoms with E-state index in [-0.39, 0.29) is 35.8 Å². The third-order valence-corrected chi connectivity index (χ3v) is 7.15. The molecule has 0 unspecified atom stereocenters. The third-order valence-electron chi connectivity index (χ3n) is 4.84. The lowest BCUT2D eigenvalue weighted by Gasteiger charge is -2.16. The summed E-state index contributed by atoms with van der Waals surface area (Å²) in [5, 5.41) is 22.0. The monoisotopic (exact) mass is 478 g/mol. The molecule has 3 aromatic rings. The third kappa shape index (κ3) is 4.35. The van der Waals surface area contributed by atoms with E-state index in [4.69, 9.17) is 9.47 Å². The molecule has 0 aliphatic rings. The number of hydrogen-bond donors (Lipinski definition) is 2. The summed E-state index contributed by atoms with van der Waals surface area (Å²) in [7, 11) is 0. The summed E-state index contributed by atoms with van der Waals surface area (Å²) in [6, 6.07) is 5.76. The van der Waals surface area contributed by atoms with Gasteiger partial charge in [-0.25, -0.2) is 14.0 Å². The summed E-state index contributed by atoms with van der Waals surface area (Å²) < 4.78 is 24.2. The lowest BCUT2D eigenvalue weighted by Crippen LogP contribution is -2.06. The fourth-order valence-corrected chi connectivity index (χ4v) is 5.93. The van der Waals surface area contributed by atoms with Crippen LogP contribution in [0.2, 0.25) is 0 Å². The Morgan fingerprint density at radius 3 is 1.81 bits per heavy atom.